The molecule has 1 aliphatic heterocycles. The number of ether oxygens (including phenoxy) is 1. The van der Waals surface area contributed by atoms with Gasteiger partial charge in [0, 0.05) is 17.9 Å². The molecule has 0 radical (unpaired) electrons. The van der Waals surface area contributed by atoms with E-state index in [9.17, 15) is 13.2 Å². The molecular weight excluding hydrogens is 398 g/mol. The van der Waals surface area contributed by atoms with Crippen molar-refractivity contribution in [1.82, 2.24) is 10.2 Å². The molecule has 1 heterocycles. The van der Waals surface area contributed by atoms with Gasteiger partial charge in [0.05, 0.1) is 24.5 Å². The van der Waals surface area contributed by atoms with Gasteiger partial charge in [0.25, 0.3) is 0 Å². The molecule has 0 saturated heterocycles. The number of thiocarbonyl (C=S) groups is 1. The minimum atomic E-state index is -3.41. The molecule has 0 spiro atoms. The average Bonchev–Trinajstić information content (AvgIpc) is 2.58. The van der Waals surface area contributed by atoms with Crippen LogP contribution >= 0.6 is 12.2 Å². The van der Waals surface area contributed by atoms with Crippen molar-refractivity contribution < 1.29 is 17.9 Å². The predicted octanol–water partition coefficient (Wildman–Crippen LogP) is 2.78. The van der Waals surface area contributed by atoms with Crippen LogP contribution in [0.4, 0.5) is 5.69 Å². The zero-order chi connectivity index (χ0) is 21.1. The highest BCUT2D eigenvalue weighted by Crippen LogP contribution is 2.32. The number of sulfonamides is 1. The Labute approximate surface area is 172 Å². The Morgan fingerprint density at radius 1 is 1.39 bits per heavy atom. The summed E-state index contributed by atoms with van der Waals surface area (Å²) in [5.41, 5.74) is 2.32. The van der Waals surface area contributed by atoms with Crippen molar-refractivity contribution in [2.24, 2.45) is 5.92 Å². The van der Waals surface area contributed by atoms with E-state index in [1.807, 2.05) is 38.7 Å². The summed E-state index contributed by atoms with van der Waals surface area (Å²) in [5, 5.41) is 3.70. The van der Waals surface area contributed by atoms with Crippen LogP contribution in [0, 0.1) is 5.92 Å². The van der Waals surface area contributed by atoms with Gasteiger partial charge in [-0.25, -0.2) is 13.2 Å². The molecule has 154 valence electrons. The Morgan fingerprint density at radius 2 is 2.07 bits per heavy atom. The van der Waals surface area contributed by atoms with Crippen LogP contribution in [0.5, 0.6) is 0 Å². The summed E-state index contributed by atoms with van der Waals surface area (Å²) in [4.78, 5) is 14.7. The number of anilines is 1. The second kappa shape index (κ2) is 8.91. The van der Waals surface area contributed by atoms with Crippen molar-refractivity contribution in [3.8, 4) is 0 Å². The van der Waals surface area contributed by atoms with Gasteiger partial charge in [0.15, 0.2) is 5.11 Å². The minimum absolute atomic E-state index is 0.213. The van der Waals surface area contributed by atoms with Crippen LogP contribution in [0.3, 0.4) is 0 Å². The highest BCUT2D eigenvalue weighted by Gasteiger charge is 2.34. The van der Waals surface area contributed by atoms with E-state index in [1.165, 1.54) is 0 Å². The average molecular weight is 426 g/mol. The van der Waals surface area contributed by atoms with Crippen LogP contribution in [0.25, 0.3) is 0 Å². The van der Waals surface area contributed by atoms with Crippen LogP contribution in [0.15, 0.2) is 35.5 Å². The smallest absolute Gasteiger partial charge is 0.338 e. The summed E-state index contributed by atoms with van der Waals surface area (Å²) in [7, 11) is -3.41. The van der Waals surface area contributed by atoms with E-state index in [0.717, 1.165) is 12.0 Å². The molecule has 0 aromatic heterocycles. The molecule has 0 bridgehead atoms. The highest BCUT2D eigenvalue weighted by atomic mass is 32.2. The zero-order valence-corrected chi connectivity index (χ0v) is 18.4. The van der Waals surface area contributed by atoms with E-state index in [4.69, 9.17) is 17.0 Å². The molecule has 0 unspecified atom stereocenters. The number of allylic oxidation sites excluding steroid dienone is 1. The molecule has 0 aliphatic carbocycles. The van der Waals surface area contributed by atoms with E-state index in [-0.39, 0.29) is 5.92 Å². The zero-order valence-electron chi connectivity index (χ0n) is 16.8. The number of nitrogens with zero attached hydrogens (tertiary/aromatic N) is 1. The van der Waals surface area contributed by atoms with Crippen molar-refractivity contribution in [3.63, 3.8) is 0 Å². The largest absolute Gasteiger partial charge is 0.462 e. The van der Waals surface area contributed by atoms with Crippen LogP contribution in [-0.4, -0.2) is 43.8 Å². The number of hydrogen-bond acceptors (Lipinski definition) is 5. The fourth-order valence-electron chi connectivity index (χ4n) is 2.99. The van der Waals surface area contributed by atoms with Gasteiger partial charge < -0.3 is 15.0 Å². The number of nitrogens with one attached hydrogen (secondary N) is 2. The van der Waals surface area contributed by atoms with Crippen molar-refractivity contribution in [3.05, 3.63) is 41.1 Å². The van der Waals surface area contributed by atoms with Gasteiger partial charge in [-0.3, -0.25) is 4.72 Å². The Balaban J connectivity index is 2.48. The summed E-state index contributed by atoms with van der Waals surface area (Å²) < 4.78 is 31.1. The number of rotatable bonds is 7. The number of esters is 1. The van der Waals surface area contributed by atoms with Crippen molar-refractivity contribution in [1.29, 1.82) is 0 Å². The predicted molar refractivity (Wildman–Crippen MR) is 114 cm³/mol. The summed E-state index contributed by atoms with van der Waals surface area (Å²) in [6.45, 7) is 8.66. The first-order chi connectivity index (χ1) is 13.0. The summed E-state index contributed by atoms with van der Waals surface area (Å²) in [5.74, 6) is -0.198. The van der Waals surface area contributed by atoms with Gasteiger partial charge in [-0.1, -0.05) is 26.0 Å². The Kier molecular flexibility index (Phi) is 7.06. The molecule has 2 rings (SSSR count). The van der Waals surface area contributed by atoms with Crippen LogP contribution in [0.1, 0.15) is 39.3 Å². The first-order valence-electron chi connectivity index (χ1n) is 9.07. The Bertz CT molecular complexity index is 894. The molecule has 0 fully saturated rings. The lowest BCUT2D eigenvalue weighted by molar-refractivity contribution is -0.140. The summed E-state index contributed by atoms with van der Waals surface area (Å²) >= 11 is 5.46. The van der Waals surface area contributed by atoms with Crippen molar-refractivity contribution in [2.75, 3.05) is 24.1 Å². The number of carbonyl (C=O) groups is 1. The lowest BCUT2D eigenvalue weighted by Gasteiger charge is -2.37. The van der Waals surface area contributed by atoms with E-state index in [1.54, 1.807) is 18.2 Å². The molecule has 0 saturated carbocycles. The van der Waals surface area contributed by atoms with E-state index in [2.05, 4.69) is 10.0 Å². The van der Waals surface area contributed by atoms with Crippen LogP contribution < -0.4 is 10.0 Å². The molecule has 1 atom stereocenters. The standard InChI is InChI=1S/C19H27N3O4S2/c1-6-22-13(4)16(18(23)26-11-12(2)3)17(20-19(22)27)14-8-7-9-15(10-14)21-28(5,24)25/h7-10,12,17,21H,6,11H2,1-5H3,(H,20,27)/t17-/m1/s1. The minimum Gasteiger partial charge on any atom is -0.462 e. The maximum absolute atomic E-state index is 12.9. The molecule has 1 aromatic rings. The van der Waals surface area contributed by atoms with Gasteiger partial charge >= 0.3 is 5.97 Å². The topological polar surface area (TPSA) is 87.7 Å². The molecule has 28 heavy (non-hydrogen) atoms. The maximum atomic E-state index is 12.9. The summed E-state index contributed by atoms with van der Waals surface area (Å²) in [6, 6.07) is 6.35. The van der Waals surface area contributed by atoms with Crippen LogP contribution in [0.2, 0.25) is 0 Å². The van der Waals surface area contributed by atoms with Crippen molar-refractivity contribution >= 4 is 39.0 Å². The third-order valence-corrected chi connectivity index (χ3v) is 5.15. The van der Waals surface area contributed by atoms with Gasteiger partial charge in [0.1, 0.15) is 0 Å². The van der Waals surface area contributed by atoms with Crippen molar-refractivity contribution in [2.45, 2.75) is 33.7 Å². The quantitative estimate of drug-likeness (QED) is 0.513. The maximum Gasteiger partial charge on any atom is 0.338 e. The summed E-state index contributed by atoms with van der Waals surface area (Å²) in [6.07, 6.45) is 1.09. The SMILES string of the molecule is CCN1C(=S)N[C@H](c2cccc(NS(C)(=O)=O)c2)C(C(=O)OCC(C)C)=C1C. The Morgan fingerprint density at radius 3 is 2.64 bits per heavy atom. The normalized spacial score (nSPS) is 17.6. The van der Waals surface area contributed by atoms with Gasteiger partial charge in [-0.15, -0.1) is 0 Å². The highest BCUT2D eigenvalue weighted by molar-refractivity contribution is 7.92. The van der Waals surface area contributed by atoms with Crippen LogP contribution in [-0.2, 0) is 19.6 Å². The van der Waals surface area contributed by atoms with Gasteiger partial charge in [0.2, 0.25) is 10.0 Å². The molecule has 9 heteroatoms. The van der Waals surface area contributed by atoms with Gasteiger partial charge in [-0.2, -0.15) is 0 Å². The molecule has 2 N–H and O–H groups in total. The third kappa shape index (κ3) is 5.45. The second-order valence-electron chi connectivity index (χ2n) is 7.12. The number of benzene rings is 1. The monoisotopic (exact) mass is 425 g/mol. The second-order valence-corrected chi connectivity index (χ2v) is 9.25. The van der Waals surface area contributed by atoms with Gasteiger partial charge in [-0.05, 0) is 49.7 Å². The molecule has 1 aromatic carbocycles. The fraction of sp³-hybridized carbons (Fsp3) is 0.474. The van der Waals surface area contributed by atoms with E-state index >= 15 is 0 Å². The first-order valence-corrected chi connectivity index (χ1v) is 11.4. The van der Waals surface area contributed by atoms with E-state index < -0.39 is 22.0 Å². The lowest BCUT2D eigenvalue weighted by atomic mass is 9.94. The fourth-order valence-corrected chi connectivity index (χ4v) is 3.93. The van der Waals surface area contributed by atoms with E-state index in [0.29, 0.717) is 35.1 Å². The first kappa shape index (κ1) is 22.2. The Hall–Kier alpha value is -2.13. The third-order valence-electron chi connectivity index (χ3n) is 4.20. The molecule has 7 nitrogen and oxygen atoms in total. The lowest BCUT2D eigenvalue weighted by Crippen LogP contribution is -2.47. The molecule has 0 amide bonds. The number of carbonyl (C=O) groups excluding carboxylic acids is 1. The molecular formula is C19H27N3O4S2. The molecule has 1 aliphatic rings. The number of hydrogen-bond donors (Lipinski definition) is 2.